The smallest absolute Gasteiger partial charge is 0.372 e. The highest BCUT2D eigenvalue weighted by Gasteiger charge is 2.31. The number of aryl methyl sites for hydroxylation is 1. The molecule has 42 heavy (non-hydrogen) atoms. The topological polar surface area (TPSA) is 128 Å². The third-order valence-corrected chi connectivity index (χ3v) is 6.95. The maximum atomic E-state index is 13.2. The third-order valence-electron chi connectivity index (χ3n) is 6.95. The number of rotatable bonds is 8. The molecule has 10 nitrogen and oxygen atoms in total. The SMILES string of the molecule is CCC(=O)N1CCC(Nc2ncc(C(=O)Nc3cc(NC(=O)c4cccc(C(F)(F)F)c4)ccc3C)c(NC)n2)CC1. The summed E-state index contributed by atoms with van der Waals surface area (Å²) in [6.07, 6.45) is -1.18. The van der Waals surface area contributed by atoms with Crippen molar-refractivity contribution < 1.29 is 27.6 Å². The first kappa shape index (κ1) is 30.3. The molecule has 4 N–H and O–H groups in total. The molecule has 13 heteroatoms. The zero-order chi connectivity index (χ0) is 30.4. The van der Waals surface area contributed by atoms with Gasteiger partial charge in [0.1, 0.15) is 11.4 Å². The van der Waals surface area contributed by atoms with Crippen LogP contribution in [0.25, 0.3) is 0 Å². The first-order valence-corrected chi connectivity index (χ1v) is 13.5. The molecule has 0 spiro atoms. The van der Waals surface area contributed by atoms with Crippen molar-refractivity contribution in [2.45, 2.75) is 45.3 Å². The predicted octanol–water partition coefficient (Wildman–Crippen LogP) is 5.16. The highest BCUT2D eigenvalue weighted by atomic mass is 19.4. The third kappa shape index (κ3) is 7.33. The minimum Gasteiger partial charge on any atom is -0.372 e. The molecule has 1 aliphatic heterocycles. The fourth-order valence-corrected chi connectivity index (χ4v) is 4.55. The molecule has 3 amide bonds. The molecule has 0 bridgehead atoms. The molecule has 222 valence electrons. The maximum Gasteiger partial charge on any atom is 0.416 e. The molecular formula is C29H32F3N7O3. The molecule has 0 unspecified atom stereocenters. The Kier molecular flexibility index (Phi) is 9.28. The Morgan fingerprint density at radius 3 is 2.43 bits per heavy atom. The number of nitrogens with zero attached hydrogens (tertiary/aromatic N) is 3. The standard InChI is InChI=1S/C29H32F3N7O3/c1-4-24(40)39-12-10-20(11-13-39)36-28-34-16-22(25(33-3)38-28)27(42)37-23-15-21(9-8-17(23)2)35-26(41)18-6-5-7-19(14-18)29(30,31)32/h5-9,14-16,20H,4,10-13H2,1-3H3,(H,35,41)(H,37,42)(H2,33,34,36,38). The van der Waals surface area contributed by atoms with Crippen LogP contribution in [0.4, 0.5) is 36.3 Å². The van der Waals surface area contributed by atoms with Crippen LogP contribution >= 0.6 is 0 Å². The fraction of sp³-hybridized carbons (Fsp3) is 0.345. The lowest BCUT2D eigenvalue weighted by atomic mass is 10.0. The molecule has 1 aromatic heterocycles. The van der Waals surface area contributed by atoms with Gasteiger partial charge in [-0.25, -0.2) is 4.98 Å². The van der Waals surface area contributed by atoms with E-state index in [2.05, 4.69) is 31.2 Å². The highest BCUT2D eigenvalue weighted by Crippen LogP contribution is 2.30. The van der Waals surface area contributed by atoms with Gasteiger partial charge in [-0.3, -0.25) is 14.4 Å². The lowest BCUT2D eigenvalue weighted by molar-refractivity contribution is -0.137. The van der Waals surface area contributed by atoms with Crippen molar-refractivity contribution in [2.24, 2.45) is 0 Å². The minimum atomic E-state index is -4.57. The summed E-state index contributed by atoms with van der Waals surface area (Å²) < 4.78 is 39.1. The van der Waals surface area contributed by atoms with Crippen molar-refractivity contribution in [1.29, 1.82) is 0 Å². The zero-order valence-corrected chi connectivity index (χ0v) is 23.4. The van der Waals surface area contributed by atoms with Gasteiger partial charge in [0.25, 0.3) is 11.8 Å². The molecule has 0 atom stereocenters. The van der Waals surface area contributed by atoms with Gasteiger partial charge in [-0.15, -0.1) is 0 Å². The number of hydrogen-bond donors (Lipinski definition) is 4. The number of carbonyl (C=O) groups excluding carboxylic acids is 3. The van der Waals surface area contributed by atoms with E-state index in [1.165, 1.54) is 24.4 Å². The number of halogens is 3. The van der Waals surface area contributed by atoms with Crippen LogP contribution in [0.2, 0.25) is 0 Å². The number of piperidine rings is 1. The van der Waals surface area contributed by atoms with Gasteiger partial charge in [0, 0.05) is 55.7 Å². The van der Waals surface area contributed by atoms with Crippen LogP contribution in [0, 0.1) is 6.92 Å². The Morgan fingerprint density at radius 1 is 1.02 bits per heavy atom. The number of hydrogen-bond acceptors (Lipinski definition) is 7. The normalized spacial score (nSPS) is 13.8. The van der Waals surface area contributed by atoms with E-state index in [4.69, 9.17) is 0 Å². The molecule has 0 saturated carbocycles. The van der Waals surface area contributed by atoms with Crippen molar-refractivity contribution in [3.05, 3.63) is 70.9 Å². The van der Waals surface area contributed by atoms with Crippen LogP contribution in [0.1, 0.15) is 58.0 Å². The highest BCUT2D eigenvalue weighted by molar-refractivity contribution is 6.08. The summed E-state index contributed by atoms with van der Waals surface area (Å²) in [7, 11) is 1.63. The van der Waals surface area contributed by atoms with E-state index >= 15 is 0 Å². The summed E-state index contributed by atoms with van der Waals surface area (Å²) in [6.45, 7) is 4.92. The van der Waals surface area contributed by atoms with Gasteiger partial charge in [0.15, 0.2) is 0 Å². The van der Waals surface area contributed by atoms with E-state index in [0.717, 1.165) is 25.0 Å². The monoisotopic (exact) mass is 583 g/mol. The van der Waals surface area contributed by atoms with E-state index in [0.29, 0.717) is 42.5 Å². The summed E-state index contributed by atoms with van der Waals surface area (Å²) >= 11 is 0. The minimum absolute atomic E-state index is 0.0897. The Morgan fingerprint density at radius 2 is 1.76 bits per heavy atom. The van der Waals surface area contributed by atoms with Gasteiger partial charge in [-0.1, -0.05) is 19.1 Å². The number of amides is 3. The molecule has 0 radical (unpaired) electrons. The fourth-order valence-electron chi connectivity index (χ4n) is 4.55. The van der Waals surface area contributed by atoms with Gasteiger partial charge in [-0.05, 0) is 55.7 Å². The molecule has 0 aliphatic carbocycles. The Hall–Kier alpha value is -4.68. The average Bonchev–Trinajstić information content (AvgIpc) is 2.98. The number of benzene rings is 2. The van der Waals surface area contributed by atoms with Crippen LogP contribution in [-0.2, 0) is 11.0 Å². The van der Waals surface area contributed by atoms with Crippen molar-refractivity contribution in [2.75, 3.05) is 41.4 Å². The van der Waals surface area contributed by atoms with Crippen LogP contribution in [-0.4, -0.2) is 58.8 Å². The van der Waals surface area contributed by atoms with Crippen LogP contribution in [0.5, 0.6) is 0 Å². The second-order valence-electron chi connectivity index (χ2n) is 9.88. The zero-order valence-electron chi connectivity index (χ0n) is 23.4. The van der Waals surface area contributed by atoms with Crippen molar-refractivity contribution >= 4 is 40.9 Å². The number of aromatic nitrogens is 2. The number of nitrogens with one attached hydrogen (secondary N) is 4. The molecule has 4 rings (SSSR count). The molecule has 1 fully saturated rings. The molecule has 3 aromatic rings. The van der Waals surface area contributed by atoms with Crippen LogP contribution in [0.3, 0.4) is 0 Å². The largest absolute Gasteiger partial charge is 0.416 e. The van der Waals surface area contributed by atoms with Crippen LogP contribution in [0.15, 0.2) is 48.7 Å². The number of likely N-dealkylation sites (tertiary alicyclic amines) is 1. The van der Waals surface area contributed by atoms with E-state index in [-0.39, 0.29) is 28.8 Å². The van der Waals surface area contributed by atoms with E-state index in [1.54, 1.807) is 26.1 Å². The number of carbonyl (C=O) groups is 3. The van der Waals surface area contributed by atoms with E-state index in [1.807, 2.05) is 11.8 Å². The van der Waals surface area contributed by atoms with E-state index < -0.39 is 23.6 Å². The second kappa shape index (κ2) is 12.9. The molecule has 1 saturated heterocycles. The van der Waals surface area contributed by atoms with Gasteiger partial charge >= 0.3 is 6.18 Å². The molecule has 2 aromatic carbocycles. The van der Waals surface area contributed by atoms with Crippen molar-refractivity contribution in [3.63, 3.8) is 0 Å². The van der Waals surface area contributed by atoms with Gasteiger partial charge in [0.05, 0.1) is 5.56 Å². The van der Waals surface area contributed by atoms with Crippen LogP contribution < -0.4 is 21.3 Å². The first-order chi connectivity index (χ1) is 20.0. The lowest BCUT2D eigenvalue weighted by Gasteiger charge is -2.32. The Bertz CT molecular complexity index is 1470. The number of alkyl halides is 3. The van der Waals surface area contributed by atoms with Crippen molar-refractivity contribution in [3.8, 4) is 0 Å². The summed E-state index contributed by atoms with van der Waals surface area (Å²) in [6, 6.07) is 8.98. The summed E-state index contributed by atoms with van der Waals surface area (Å²) in [5.41, 5.74) is 0.474. The summed E-state index contributed by atoms with van der Waals surface area (Å²) in [5, 5.41) is 11.5. The quantitative estimate of drug-likeness (QED) is 0.288. The Labute approximate surface area is 241 Å². The molecular weight excluding hydrogens is 551 g/mol. The molecule has 1 aliphatic rings. The van der Waals surface area contributed by atoms with Gasteiger partial charge in [0.2, 0.25) is 11.9 Å². The van der Waals surface area contributed by atoms with Crippen molar-refractivity contribution in [1.82, 2.24) is 14.9 Å². The van der Waals surface area contributed by atoms with Gasteiger partial charge < -0.3 is 26.2 Å². The summed E-state index contributed by atoms with van der Waals surface area (Å²) in [5.74, 6) is -0.432. The second-order valence-corrected chi connectivity index (χ2v) is 9.88. The maximum absolute atomic E-state index is 13.2. The first-order valence-electron chi connectivity index (χ1n) is 13.5. The van der Waals surface area contributed by atoms with E-state index in [9.17, 15) is 27.6 Å². The molecule has 2 heterocycles. The summed E-state index contributed by atoms with van der Waals surface area (Å²) in [4.78, 5) is 48.3. The Balaban J connectivity index is 1.43. The number of anilines is 4. The van der Waals surface area contributed by atoms with Gasteiger partial charge in [-0.2, -0.15) is 18.2 Å². The lowest BCUT2D eigenvalue weighted by Crippen LogP contribution is -2.42. The predicted molar refractivity (Wildman–Crippen MR) is 154 cm³/mol. The average molecular weight is 584 g/mol.